The molecule has 17 heteroatoms. The van der Waals surface area contributed by atoms with E-state index in [0.717, 1.165) is 16.2 Å². The molecule has 2 aromatic heterocycles. The van der Waals surface area contributed by atoms with Crippen LogP contribution in [-0.4, -0.2) is 67.4 Å². The van der Waals surface area contributed by atoms with E-state index in [1.807, 2.05) is 11.2 Å². The lowest BCUT2D eigenvalue weighted by molar-refractivity contribution is -0.689. The van der Waals surface area contributed by atoms with Crippen molar-refractivity contribution in [1.82, 2.24) is 15.2 Å². The number of carbonyl (C=O) groups excluding carboxylic acids is 3. The van der Waals surface area contributed by atoms with E-state index < -0.39 is 36.9 Å². The molecule has 2 amide bonds. The van der Waals surface area contributed by atoms with Gasteiger partial charge in [-0.3, -0.25) is 19.6 Å². The molecule has 1 fully saturated rings. The SMILES string of the molecule is CO/N=C(/C(=O)NC1C(=O)N2C(C(=O)[O-])=C(C[n+]3ccccc3)CS[C@H]12)c1csc(NP(=O)(O)O)n1. The van der Waals surface area contributed by atoms with Gasteiger partial charge in [0.25, 0.3) is 11.8 Å². The minimum absolute atomic E-state index is 0.0484. The first-order chi connectivity index (χ1) is 17.1. The van der Waals surface area contributed by atoms with Crippen LogP contribution in [0.5, 0.6) is 0 Å². The summed E-state index contributed by atoms with van der Waals surface area (Å²) in [5.74, 6) is -2.66. The molecule has 2 aromatic rings. The average molecular weight is 555 g/mol. The number of β-lactam (4-membered cyclic amide) rings is 1. The second-order valence-corrected chi connectivity index (χ2v) is 10.7. The Morgan fingerprint density at radius 1 is 1.36 bits per heavy atom. The smallest absolute Gasteiger partial charge is 0.429 e. The molecule has 2 atom stereocenters. The molecule has 1 saturated heterocycles. The minimum Gasteiger partial charge on any atom is -0.543 e. The predicted molar refractivity (Wildman–Crippen MR) is 125 cm³/mol. The quantitative estimate of drug-likeness (QED) is 0.0915. The van der Waals surface area contributed by atoms with Gasteiger partial charge in [0.15, 0.2) is 29.8 Å². The predicted octanol–water partition coefficient (Wildman–Crippen LogP) is -1.61. The largest absolute Gasteiger partial charge is 0.543 e. The molecule has 4 heterocycles. The zero-order valence-corrected chi connectivity index (χ0v) is 21.0. The molecule has 0 spiro atoms. The Morgan fingerprint density at radius 3 is 2.72 bits per heavy atom. The molecule has 14 nitrogen and oxygen atoms in total. The molecular weight excluding hydrogens is 535 g/mol. The molecule has 190 valence electrons. The van der Waals surface area contributed by atoms with E-state index in [2.05, 4.69) is 15.5 Å². The van der Waals surface area contributed by atoms with Gasteiger partial charge < -0.3 is 29.8 Å². The number of hydrogen-bond donors (Lipinski definition) is 4. The van der Waals surface area contributed by atoms with E-state index in [4.69, 9.17) is 14.6 Å². The van der Waals surface area contributed by atoms with Gasteiger partial charge in [0.05, 0.1) is 11.7 Å². The second-order valence-electron chi connectivity index (χ2n) is 7.46. The highest BCUT2D eigenvalue weighted by Gasteiger charge is 2.53. The van der Waals surface area contributed by atoms with Crippen molar-refractivity contribution in [3.8, 4) is 0 Å². The number of carboxylic acids is 1. The number of carbonyl (C=O) groups is 3. The highest BCUT2D eigenvalue weighted by atomic mass is 32.2. The summed E-state index contributed by atoms with van der Waals surface area (Å²) >= 11 is 2.11. The Morgan fingerprint density at radius 2 is 2.08 bits per heavy atom. The summed E-state index contributed by atoms with van der Waals surface area (Å²) in [4.78, 5) is 65.5. The number of thioether (sulfide) groups is 1. The number of thiazole rings is 1. The fourth-order valence-electron chi connectivity index (χ4n) is 3.62. The maximum atomic E-state index is 12.9. The maximum absolute atomic E-state index is 12.9. The van der Waals surface area contributed by atoms with E-state index in [9.17, 15) is 24.1 Å². The summed E-state index contributed by atoms with van der Waals surface area (Å²) in [6.45, 7) is 0.254. The van der Waals surface area contributed by atoms with Gasteiger partial charge >= 0.3 is 7.75 Å². The number of oxime groups is 1. The van der Waals surface area contributed by atoms with Crippen LogP contribution in [0.3, 0.4) is 0 Å². The van der Waals surface area contributed by atoms with Gasteiger partial charge in [0.1, 0.15) is 24.2 Å². The number of anilines is 1. The number of hydrogen-bond acceptors (Lipinski definition) is 10. The van der Waals surface area contributed by atoms with Gasteiger partial charge in [-0.25, -0.2) is 14.1 Å². The first-order valence-corrected chi connectivity index (χ1v) is 13.7. The highest BCUT2D eigenvalue weighted by Crippen LogP contribution is 2.40. The Labute approximate surface area is 211 Å². The molecule has 0 radical (unpaired) electrons. The summed E-state index contributed by atoms with van der Waals surface area (Å²) in [5, 5.41) is 20.5. The van der Waals surface area contributed by atoms with Crippen molar-refractivity contribution in [2.24, 2.45) is 5.16 Å². The van der Waals surface area contributed by atoms with Gasteiger partial charge in [0.2, 0.25) is 0 Å². The van der Waals surface area contributed by atoms with Crippen LogP contribution in [0.2, 0.25) is 0 Å². The van der Waals surface area contributed by atoms with E-state index in [0.29, 0.717) is 11.3 Å². The first kappa shape index (κ1) is 25.8. The van der Waals surface area contributed by atoms with Crippen molar-refractivity contribution in [3.63, 3.8) is 0 Å². The Hall–Kier alpha value is -3.30. The summed E-state index contributed by atoms with van der Waals surface area (Å²) in [5.41, 5.74) is -0.104. The lowest BCUT2D eigenvalue weighted by Crippen LogP contribution is -2.71. The molecule has 4 rings (SSSR count). The first-order valence-electron chi connectivity index (χ1n) is 10.1. The fraction of sp³-hybridized carbons (Fsp3) is 0.263. The zero-order valence-electron chi connectivity index (χ0n) is 18.4. The molecule has 0 aliphatic carbocycles. The van der Waals surface area contributed by atoms with Crippen LogP contribution in [0.25, 0.3) is 0 Å². The molecular formula is C19H19N6O8PS2. The number of rotatable bonds is 9. The maximum Gasteiger partial charge on any atom is 0.429 e. The van der Waals surface area contributed by atoms with Crippen molar-refractivity contribution >= 4 is 59.5 Å². The normalized spacial score (nSPS) is 19.9. The lowest BCUT2D eigenvalue weighted by atomic mass is 10.0. The fourth-order valence-corrected chi connectivity index (χ4v) is 6.36. The third kappa shape index (κ3) is 5.42. The number of nitrogens with zero attached hydrogens (tertiary/aromatic N) is 4. The Balaban J connectivity index is 1.51. The molecule has 36 heavy (non-hydrogen) atoms. The molecule has 0 aromatic carbocycles. The standard InChI is InChI=1S/C19H19N6O8PS2/c1-33-22-12(11-9-36-19(20-11)23-34(30,31)32)15(26)21-13-16(27)25-14(18(28)29)10(8-35-17(13)25)7-24-5-3-2-4-6-24/h2-6,9,13,17H,7-8H2,1H3,(H4-,20,21,23,26,28,29,30,31,32)/b22-12+/t13?,17-/m1/s1. The number of fused-ring (bicyclic) bond motifs is 1. The van der Waals surface area contributed by atoms with Crippen LogP contribution < -0.4 is 20.1 Å². The van der Waals surface area contributed by atoms with Crippen LogP contribution in [0.4, 0.5) is 5.13 Å². The van der Waals surface area contributed by atoms with Gasteiger partial charge in [-0.05, 0) is 0 Å². The molecule has 0 saturated carbocycles. The minimum atomic E-state index is -4.61. The number of carboxylic acid groups (broad SMARTS) is 1. The number of nitrogens with one attached hydrogen (secondary N) is 2. The van der Waals surface area contributed by atoms with Crippen LogP contribution >= 0.6 is 30.8 Å². The Kier molecular flexibility index (Phi) is 7.42. The number of pyridine rings is 1. The third-order valence-corrected chi connectivity index (χ3v) is 7.82. The van der Waals surface area contributed by atoms with Crippen LogP contribution in [0, 0.1) is 0 Å². The summed E-state index contributed by atoms with van der Waals surface area (Å²) in [6.07, 6.45) is 3.54. The van der Waals surface area contributed by atoms with Crippen molar-refractivity contribution < 1.29 is 43.2 Å². The number of amides is 2. The summed E-state index contributed by atoms with van der Waals surface area (Å²) < 4.78 is 12.9. The number of aliphatic carboxylic acids is 1. The second kappa shape index (κ2) is 10.4. The van der Waals surface area contributed by atoms with Crippen molar-refractivity contribution in [1.29, 1.82) is 0 Å². The third-order valence-electron chi connectivity index (χ3n) is 5.06. The van der Waals surface area contributed by atoms with Gasteiger partial charge in [0, 0.05) is 28.8 Å². The van der Waals surface area contributed by atoms with E-state index >= 15 is 0 Å². The zero-order chi connectivity index (χ0) is 26.0. The van der Waals surface area contributed by atoms with Crippen LogP contribution in [-0.2, 0) is 30.3 Å². The van der Waals surface area contributed by atoms with Crippen molar-refractivity contribution in [2.75, 3.05) is 17.9 Å². The van der Waals surface area contributed by atoms with E-state index in [1.165, 1.54) is 24.3 Å². The van der Waals surface area contributed by atoms with Gasteiger partial charge in [-0.1, -0.05) is 11.2 Å². The van der Waals surface area contributed by atoms with Crippen molar-refractivity contribution in [3.05, 3.63) is 52.9 Å². The molecule has 2 aliphatic heterocycles. The molecule has 1 unspecified atom stereocenters. The number of aromatic nitrogens is 2. The van der Waals surface area contributed by atoms with Crippen LogP contribution in [0.15, 0.2) is 52.4 Å². The summed E-state index contributed by atoms with van der Waals surface area (Å²) in [7, 11) is -3.43. The highest BCUT2D eigenvalue weighted by molar-refractivity contribution is 8.00. The Bertz CT molecular complexity index is 1310. The monoisotopic (exact) mass is 554 g/mol. The summed E-state index contributed by atoms with van der Waals surface area (Å²) in [6, 6.07) is 4.37. The molecule has 4 N–H and O–H groups in total. The lowest BCUT2D eigenvalue weighted by Gasteiger charge is -2.50. The van der Waals surface area contributed by atoms with E-state index in [-0.39, 0.29) is 28.8 Å². The molecule has 2 aliphatic rings. The van der Waals surface area contributed by atoms with E-state index in [1.54, 1.807) is 29.1 Å². The van der Waals surface area contributed by atoms with Gasteiger partial charge in [-0.15, -0.1) is 23.1 Å². The average Bonchev–Trinajstić information content (AvgIpc) is 3.27. The van der Waals surface area contributed by atoms with Gasteiger partial charge in [-0.2, -0.15) is 0 Å². The van der Waals surface area contributed by atoms with Crippen LogP contribution in [0.1, 0.15) is 5.69 Å². The topological polar surface area (TPSA) is 197 Å². The van der Waals surface area contributed by atoms with Crippen molar-refractivity contribution in [2.45, 2.75) is 18.0 Å². The molecule has 0 bridgehead atoms.